The first-order valence-electron chi connectivity index (χ1n) is 1.57. The Morgan fingerprint density at radius 2 is 1.18 bits per heavy atom. The summed E-state index contributed by atoms with van der Waals surface area (Å²) in [6, 6.07) is 0. The molecule has 0 heterocycles. The topological polar surface area (TPSA) is 120 Å². The number of rotatable bonds is 0. The summed E-state index contributed by atoms with van der Waals surface area (Å²) < 4.78 is 34.1. The molecular weight excluding hydrogens is 262 g/mol. The van der Waals surface area contributed by atoms with E-state index in [0.29, 0.717) is 0 Å². The van der Waals surface area contributed by atoms with Crippen molar-refractivity contribution >= 4 is 16.4 Å². The number of hydrogen-bond acceptors (Lipinski definition) is 6. The molecule has 0 amide bonds. The molecule has 0 aliphatic rings. The van der Waals surface area contributed by atoms with E-state index < -0.39 is 16.4 Å². The summed E-state index contributed by atoms with van der Waals surface area (Å²) >= 11 is 0. The fourth-order valence-electron chi connectivity index (χ4n) is 0. The van der Waals surface area contributed by atoms with Crippen LogP contribution in [0.2, 0.25) is 0 Å². The minimum Gasteiger partial charge on any atom is -0.759 e. The van der Waals surface area contributed by atoms with Crippen molar-refractivity contribution in [2.24, 2.45) is 0 Å². The van der Waals surface area contributed by atoms with E-state index in [2.05, 4.69) is 0 Å². The summed E-state index contributed by atoms with van der Waals surface area (Å²) in [4.78, 5) is 8.89. The van der Waals surface area contributed by atoms with E-state index in [-0.39, 0.29) is 34.1 Å². The van der Waals surface area contributed by atoms with Crippen LogP contribution in [0.1, 0.15) is 6.92 Å². The van der Waals surface area contributed by atoms with Crippen molar-refractivity contribution in [3.05, 3.63) is 0 Å². The van der Waals surface area contributed by atoms with E-state index in [9.17, 15) is 0 Å². The summed E-state index contributed by atoms with van der Waals surface area (Å²) in [5, 5.41) is 8.89. The van der Waals surface area contributed by atoms with Gasteiger partial charge in [0.05, 0.1) is 0 Å². The molecule has 0 aliphatic carbocycles. The Balaban J connectivity index is -0.0000000383. The number of aliphatic carboxylic acids is 1. The minimum absolute atomic E-state index is 0. The van der Waals surface area contributed by atoms with Crippen LogP contribution in [0.3, 0.4) is 0 Å². The molecule has 0 spiro atoms. The second-order valence-electron chi connectivity index (χ2n) is 0.900. The van der Waals surface area contributed by atoms with Gasteiger partial charge in [0, 0.05) is 16.4 Å². The van der Waals surface area contributed by atoms with Crippen LogP contribution in [-0.4, -0.2) is 23.5 Å². The molecular formula is C2H3Mn2O6S+. The summed E-state index contributed by atoms with van der Waals surface area (Å²) in [7, 11) is -5.17. The van der Waals surface area contributed by atoms with E-state index in [1.165, 1.54) is 0 Å². The monoisotopic (exact) mass is 265 g/mol. The van der Waals surface area contributed by atoms with Crippen molar-refractivity contribution in [3.8, 4) is 0 Å². The fraction of sp³-hybridized carbons (Fsp3) is 0.500. The molecule has 0 aromatic carbocycles. The van der Waals surface area contributed by atoms with Gasteiger partial charge in [0.15, 0.2) is 0 Å². The molecule has 0 aliphatic heterocycles. The molecule has 0 atom stereocenters. The Bertz CT molecular complexity index is 161. The predicted octanol–water partition coefficient (Wildman–Crippen LogP) is -2.59. The van der Waals surface area contributed by atoms with Gasteiger partial charge >= 0.3 is 34.1 Å². The number of carboxylic acid groups (broad SMARTS) is 1. The molecule has 0 rings (SSSR count). The van der Waals surface area contributed by atoms with Crippen molar-refractivity contribution in [1.29, 1.82) is 0 Å². The number of carbonyl (C=O) groups is 1. The first kappa shape index (κ1) is 22.5. The fourth-order valence-corrected chi connectivity index (χ4v) is 0. The van der Waals surface area contributed by atoms with Gasteiger partial charge in [-0.2, -0.15) is 0 Å². The Hall–Kier alpha value is 0.379. The molecule has 6 nitrogen and oxygen atoms in total. The third-order valence-corrected chi connectivity index (χ3v) is 0. The van der Waals surface area contributed by atoms with Crippen LogP contribution in [-0.2, 0) is 49.3 Å². The molecule has 0 aromatic heterocycles. The van der Waals surface area contributed by atoms with Gasteiger partial charge in [-0.15, -0.1) is 0 Å². The van der Waals surface area contributed by atoms with Crippen LogP contribution in [0.25, 0.3) is 0 Å². The van der Waals surface area contributed by atoms with E-state index in [0.717, 1.165) is 6.92 Å². The SMILES string of the molecule is CC(=O)[O-].O=S(=O)([O-])[O-].[Mn+2].[Mn+2]. The quantitative estimate of drug-likeness (QED) is 0.269. The minimum atomic E-state index is -5.17. The smallest absolute Gasteiger partial charge is 0.759 e. The van der Waals surface area contributed by atoms with Gasteiger partial charge in [-0.25, -0.2) is 0 Å². The maximum absolute atomic E-state index is 8.89. The van der Waals surface area contributed by atoms with Gasteiger partial charge in [0.25, 0.3) is 0 Å². The molecule has 0 saturated carbocycles. The number of hydrogen-bond donors (Lipinski definition) is 0. The Morgan fingerprint density at radius 3 is 1.18 bits per heavy atom. The second kappa shape index (κ2) is 10.4. The maximum atomic E-state index is 8.89. The Labute approximate surface area is 84.9 Å². The summed E-state index contributed by atoms with van der Waals surface area (Å²) in [6.45, 7) is 0.972. The first-order chi connectivity index (χ1) is 3.73. The van der Waals surface area contributed by atoms with E-state index in [4.69, 9.17) is 27.4 Å². The van der Waals surface area contributed by atoms with Crippen LogP contribution >= 0.6 is 0 Å². The van der Waals surface area contributed by atoms with Crippen molar-refractivity contribution in [2.75, 3.05) is 0 Å². The number of carboxylic acids is 1. The molecule has 0 saturated heterocycles. The molecule has 0 unspecified atom stereocenters. The summed E-state index contributed by atoms with van der Waals surface area (Å²) in [5.74, 6) is -1.08. The van der Waals surface area contributed by atoms with Gasteiger partial charge in [0.1, 0.15) is 0 Å². The van der Waals surface area contributed by atoms with Gasteiger partial charge in [-0.3, -0.25) is 8.42 Å². The van der Waals surface area contributed by atoms with Crippen molar-refractivity contribution in [1.82, 2.24) is 0 Å². The Morgan fingerprint density at radius 1 is 1.18 bits per heavy atom. The molecule has 11 heavy (non-hydrogen) atoms. The molecule has 0 N–H and O–H groups in total. The van der Waals surface area contributed by atoms with Crippen LogP contribution in [0, 0.1) is 0 Å². The third kappa shape index (κ3) is 5070. The molecule has 9 heteroatoms. The average molecular weight is 265 g/mol. The third-order valence-electron chi connectivity index (χ3n) is 0. The largest absolute Gasteiger partial charge is 2.00 e. The van der Waals surface area contributed by atoms with E-state index in [1.807, 2.05) is 0 Å². The molecule has 0 fully saturated rings. The maximum Gasteiger partial charge on any atom is 2.00 e. The zero-order chi connectivity index (χ0) is 8.08. The van der Waals surface area contributed by atoms with Gasteiger partial charge in [-0.05, 0) is 6.92 Å². The van der Waals surface area contributed by atoms with Crippen LogP contribution in [0.5, 0.6) is 0 Å². The first-order valence-corrected chi connectivity index (χ1v) is 2.91. The van der Waals surface area contributed by atoms with Crippen LogP contribution in [0.4, 0.5) is 0 Å². The molecule has 2 radical (unpaired) electrons. The zero-order valence-electron chi connectivity index (χ0n) is 5.11. The second-order valence-corrected chi connectivity index (χ2v) is 1.72. The van der Waals surface area contributed by atoms with Crippen molar-refractivity contribution < 1.29 is 61.6 Å². The van der Waals surface area contributed by atoms with E-state index >= 15 is 0 Å². The van der Waals surface area contributed by atoms with Crippen molar-refractivity contribution in [2.45, 2.75) is 6.92 Å². The van der Waals surface area contributed by atoms with Crippen LogP contribution < -0.4 is 5.11 Å². The normalized spacial score (nSPS) is 7.55. The molecule has 66 valence electrons. The zero-order valence-corrected chi connectivity index (χ0v) is 8.29. The summed E-state index contributed by atoms with van der Waals surface area (Å²) in [6.07, 6.45) is 0. The van der Waals surface area contributed by atoms with E-state index in [1.54, 1.807) is 0 Å². The predicted molar refractivity (Wildman–Crippen MR) is 21.2 cm³/mol. The van der Waals surface area contributed by atoms with Gasteiger partial charge < -0.3 is 19.0 Å². The molecule has 0 bridgehead atoms. The van der Waals surface area contributed by atoms with Crippen molar-refractivity contribution in [3.63, 3.8) is 0 Å². The van der Waals surface area contributed by atoms with Gasteiger partial charge in [0.2, 0.25) is 0 Å². The van der Waals surface area contributed by atoms with Crippen LogP contribution in [0.15, 0.2) is 0 Å². The molecule has 0 aromatic rings. The number of carbonyl (C=O) groups excluding carboxylic acids is 1. The standard InChI is InChI=1S/C2H4O2.2Mn.H2O4S/c1-2(3)4;;;1-5(2,3)4/h1H3,(H,3,4);;;(H2,1,2,3,4)/q;2*+2;/p-3. The van der Waals surface area contributed by atoms with Gasteiger partial charge in [-0.1, -0.05) is 0 Å². The summed E-state index contributed by atoms with van der Waals surface area (Å²) in [5.41, 5.74) is 0. The average Bonchev–Trinajstić information content (AvgIpc) is 1.19. The Kier molecular flexibility index (Phi) is 21.2.